The average molecular weight is 445 g/mol. The summed E-state index contributed by atoms with van der Waals surface area (Å²) in [6, 6.07) is 11.3. The number of hydrogen-bond donors (Lipinski definition) is 1. The van der Waals surface area contributed by atoms with Crippen LogP contribution in [0.3, 0.4) is 0 Å². The lowest BCUT2D eigenvalue weighted by molar-refractivity contribution is -0.119. The van der Waals surface area contributed by atoms with Gasteiger partial charge in [0.15, 0.2) is 6.61 Å². The lowest BCUT2D eigenvalue weighted by Gasteiger charge is -2.32. The number of amides is 1. The topological polar surface area (TPSA) is 92.8 Å². The molecular weight excluding hydrogens is 416 g/mol. The summed E-state index contributed by atoms with van der Waals surface area (Å²) in [5.74, 6) is -1.13. The highest BCUT2D eigenvalue weighted by Crippen LogP contribution is 2.25. The van der Waals surface area contributed by atoms with Crippen LogP contribution in [0.1, 0.15) is 47.7 Å². The number of nitrogens with one attached hydrogen (secondary N) is 1. The Hall–Kier alpha value is -2.71. The molecule has 0 aliphatic carbocycles. The summed E-state index contributed by atoms with van der Waals surface area (Å²) in [7, 11) is -3.61. The van der Waals surface area contributed by atoms with E-state index in [4.69, 9.17) is 4.74 Å². The molecule has 1 aliphatic heterocycles. The van der Waals surface area contributed by atoms with Gasteiger partial charge >= 0.3 is 5.97 Å². The van der Waals surface area contributed by atoms with Gasteiger partial charge < -0.3 is 10.1 Å². The SMILES string of the molecule is Cc1cccc(C)c1NC(=O)COC(=O)c1ccc(S(=O)(=O)N2CCCCC2C)cc1. The van der Waals surface area contributed by atoms with Gasteiger partial charge in [-0.15, -0.1) is 0 Å². The predicted octanol–water partition coefficient (Wildman–Crippen LogP) is 3.66. The molecule has 1 unspecified atom stereocenters. The van der Waals surface area contributed by atoms with Crippen LogP contribution in [0.4, 0.5) is 5.69 Å². The van der Waals surface area contributed by atoms with Crippen molar-refractivity contribution in [2.45, 2.75) is 51.0 Å². The van der Waals surface area contributed by atoms with Crippen LogP contribution in [-0.2, 0) is 19.6 Å². The third-order valence-corrected chi connectivity index (χ3v) is 7.55. The van der Waals surface area contributed by atoms with Crippen LogP contribution in [0.25, 0.3) is 0 Å². The summed E-state index contributed by atoms with van der Waals surface area (Å²) in [6.07, 6.45) is 2.71. The molecule has 1 heterocycles. The van der Waals surface area contributed by atoms with E-state index in [2.05, 4.69) is 5.32 Å². The fourth-order valence-corrected chi connectivity index (χ4v) is 5.43. The zero-order valence-electron chi connectivity index (χ0n) is 18.1. The largest absolute Gasteiger partial charge is 0.452 e. The first kappa shape index (κ1) is 23.0. The number of aryl methyl sites for hydroxylation is 2. The van der Waals surface area contributed by atoms with Crippen molar-refractivity contribution in [1.29, 1.82) is 0 Å². The van der Waals surface area contributed by atoms with Crippen molar-refractivity contribution in [2.75, 3.05) is 18.5 Å². The molecule has 1 saturated heterocycles. The number of para-hydroxylation sites is 1. The van der Waals surface area contributed by atoms with Crippen LogP contribution in [0.5, 0.6) is 0 Å². The van der Waals surface area contributed by atoms with Crippen LogP contribution in [-0.4, -0.2) is 43.8 Å². The van der Waals surface area contributed by atoms with E-state index in [0.717, 1.165) is 30.4 Å². The van der Waals surface area contributed by atoms with E-state index in [1.807, 2.05) is 39.0 Å². The number of ether oxygens (including phenoxy) is 1. The Morgan fingerprint density at radius 1 is 1.06 bits per heavy atom. The maximum absolute atomic E-state index is 12.9. The summed E-state index contributed by atoms with van der Waals surface area (Å²) >= 11 is 0. The minimum absolute atomic E-state index is 0.0428. The molecule has 3 rings (SSSR count). The molecule has 1 amide bonds. The highest BCUT2D eigenvalue weighted by molar-refractivity contribution is 7.89. The minimum atomic E-state index is -3.61. The zero-order chi connectivity index (χ0) is 22.6. The molecule has 0 aromatic heterocycles. The molecule has 0 bridgehead atoms. The standard InChI is InChI=1S/C23H28N2O5S/c1-16-7-6-8-17(2)22(16)24-21(26)15-30-23(27)19-10-12-20(13-11-19)31(28,29)25-14-5-4-9-18(25)3/h6-8,10-13,18H,4-5,9,14-15H2,1-3H3,(H,24,26). The molecule has 0 saturated carbocycles. The number of sulfonamides is 1. The molecule has 166 valence electrons. The van der Waals surface area contributed by atoms with Crippen molar-refractivity contribution in [3.05, 3.63) is 59.2 Å². The van der Waals surface area contributed by atoms with Crippen molar-refractivity contribution >= 4 is 27.6 Å². The smallest absolute Gasteiger partial charge is 0.338 e. The quantitative estimate of drug-likeness (QED) is 0.687. The molecule has 31 heavy (non-hydrogen) atoms. The van der Waals surface area contributed by atoms with Crippen LogP contribution in [0.2, 0.25) is 0 Å². The van der Waals surface area contributed by atoms with Gasteiger partial charge in [0.1, 0.15) is 0 Å². The molecular formula is C23H28N2O5S. The number of piperidine rings is 1. The zero-order valence-corrected chi connectivity index (χ0v) is 18.9. The number of hydrogen-bond acceptors (Lipinski definition) is 5. The number of carbonyl (C=O) groups is 2. The molecule has 7 nitrogen and oxygen atoms in total. The highest BCUT2D eigenvalue weighted by atomic mass is 32.2. The van der Waals surface area contributed by atoms with E-state index >= 15 is 0 Å². The average Bonchev–Trinajstić information content (AvgIpc) is 2.75. The monoisotopic (exact) mass is 444 g/mol. The summed E-state index contributed by atoms with van der Waals surface area (Å²) in [5, 5.41) is 2.75. The first-order chi connectivity index (χ1) is 14.7. The number of carbonyl (C=O) groups excluding carboxylic acids is 2. The fourth-order valence-electron chi connectivity index (χ4n) is 3.73. The molecule has 2 aromatic rings. The maximum atomic E-state index is 12.9. The summed E-state index contributed by atoms with van der Waals surface area (Å²) in [6.45, 7) is 5.75. The fraction of sp³-hybridized carbons (Fsp3) is 0.391. The Morgan fingerprint density at radius 2 is 1.71 bits per heavy atom. The number of benzene rings is 2. The number of esters is 1. The van der Waals surface area contributed by atoms with Gasteiger partial charge in [0.05, 0.1) is 10.5 Å². The molecule has 2 aromatic carbocycles. The number of nitrogens with zero attached hydrogens (tertiary/aromatic N) is 1. The van der Waals surface area contributed by atoms with Gasteiger partial charge in [-0.05, 0) is 69.0 Å². The van der Waals surface area contributed by atoms with Gasteiger partial charge in [-0.2, -0.15) is 4.31 Å². The second-order valence-corrected chi connectivity index (χ2v) is 9.77. The maximum Gasteiger partial charge on any atom is 0.338 e. The van der Waals surface area contributed by atoms with E-state index in [9.17, 15) is 18.0 Å². The van der Waals surface area contributed by atoms with Gasteiger partial charge in [-0.1, -0.05) is 24.6 Å². The number of rotatable bonds is 6. The highest BCUT2D eigenvalue weighted by Gasteiger charge is 2.31. The van der Waals surface area contributed by atoms with Crippen molar-refractivity contribution in [3.63, 3.8) is 0 Å². The molecule has 1 atom stereocenters. The van der Waals surface area contributed by atoms with Crippen LogP contribution in [0, 0.1) is 13.8 Å². The van der Waals surface area contributed by atoms with Crippen LogP contribution in [0.15, 0.2) is 47.4 Å². The van der Waals surface area contributed by atoms with Gasteiger partial charge in [0, 0.05) is 18.3 Å². The second-order valence-electron chi connectivity index (χ2n) is 7.88. The lowest BCUT2D eigenvalue weighted by Crippen LogP contribution is -2.41. The Balaban J connectivity index is 1.61. The summed E-state index contributed by atoms with van der Waals surface area (Å²) in [5.41, 5.74) is 2.72. The first-order valence-electron chi connectivity index (χ1n) is 10.4. The lowest BCUT2D eigenvalue weighted by atomic mass is 10.1. The molecule has 0 radical (unpaired) electrons. The van der Waals surface area contributed by atoms with Gasteiger partial charge in [-0.3, -0.25) is 4.79 Å². The van der Waals surface area contributed by atoms with E-state index < -0.39 is 28.5 Å². The second kappa shape index (κ2) is 9.62. The first-order valence-corrected chi connectivity index (χ1v) is 11.8. The minimum Gasteiger partial charge on any atom is -0.452 e. The summed E-state index contributed by atoms with van der Waals surface area (Å²) < 4.78 is 32.4. The number of anilines is 1. The third kappa shape index (κ3) is 5.32. The molecule has 0 spiro atoms. The van der Waals surface area contributed by atoms with Crippen LogP contribution >= 0.6 is 0 Å². The van der Waals surface area contributed by atoms with E-state index in [1.54, 1.807) is 0 Å². The molecule has 8 heteroatoms. The van der Waals surface area contributed by atoms with Gasteiger partial charge in [0.25, 0.3) is 5.91 Å². The van der Waals surface area contributed by atoms with Crippen molar-refractivity contribution < 1.29 is 22.7 Å². The van der Waals surface area contributed by atoms with Gasteiger partial charge in [0.2, 0.25) is 10.0 Å². The normalized spacial score (nSPS) is 17.2. The molecule has 1 fully saturated rings. The molecule has 1 N–H and O–H groups in total. The molecule has 1 aliphatic rings. The van der Waals surface area contributed by atoms with E-state index in [0.29, 0.717) is 12.2 Å². The Labute approximate surface area is 183 Å². The van der Waals surface area contributed by atoms with E-state index in [-0.39, 0.29) is 16.5 Å². The summed E-state index contributed by atoms with van der Waals surface area (Å²) in [4.78, 5) is 24.6. The van der Waals surface area contributed by atoms with Crippen molar-refractivity contribution in [3.8, 4) is 0 Å². The predicted molar refractivity (Wildman–Crippen MR) is 118 cm³/mol. The van der Waals surface area contributed by atoms with E-state index in [1.165, 1.54) is 28.6 Å². The van der Waals surface area contributed by atoms with Gasteiger partial charge in [-0.25, -0.2) is 13.2 Å². The van der Waals surface area contributed by atoms with Crippen molar-refractivity contribution in [1.82, 2.24) is 4.31 Å². The Morgan fingerprint density at radius 3 is 2.32 bits per heavy atom. The van der Waals surface area contributed by atoms with Crippen LogP contribution < -0.4 is 5.32 Å². The Kier molecular flexibility index (Phi) is 7.12. The third-order valence-electron chi connectivity index (χ3n) is 5.52. The Bertz CT molecular complexity index is 1040. The van der Waals surface area contributed by atoms with Crippen molar-refractivity contribution in [2.24, 2.45) is 0 Å².